The average Bonchev–Trinajstić information content (AvgIpc) is 2.93. The fraction of sp³-hybridized carbons (Fsp3) is 0.750. The summed E-state index contributed by atoms with van der Waals surface area (Å²) >= 11 is 0. The van der Waals surface area contributed by atoms with Crippen molar-refractivity contribution in [3.8, 4) is 0 Å². The van der Waals surface area contributed by atoms with Crippen LogP contribution in [0.2, 0.25) is 0 Å². The molecule has 3 rings (SSSR count). The molecule has 2 aliphatic heterocycles. The van der Waals surface area contributed by atoms with Crippen molar-refractivity contribution < 1.29 is 0 Å². The van der Waals surface area contributed by atoms with Crippen LogP contribution in [-0.4, -0.2) is 35.1 Å². The van der Waals surface area contributed by atoms with Crippen LogP contribution in [0.15, 0.2) is 18.5 Å². The van der Waals surface area contributed by atoms with Crippen molar-refractivity contribution in [2.75, 3.05) is 13.6 Å². The number of fused-ring (bicyclic) bond motifs is 2. The molecule has 0 spiro atoms. The zero-order valence-electron chi connectivity index (χ0n) is 12.3. The summed E-state index contributed by atoms with van der Waals surface area (Å²) < 4.78 is 2.24. The number of aromatic nitrogens is 1. The van der Waals surface area contributed by atoms with E-state index in [1.54, 1.807) is 0 Å². The summed E-state index contributed by atoms with van der Waals surface area (Å²) in [6, 6.07) is 3.97. The maximum absolute atomic E-state index is 3.66. The molecule has 2 fully saturated rings. The molecule has 2 bridgehead atoms. The van der Waals surface area contributed by atoms with Gasteiger partial charge in [0.1, 0.15) is 0 Å². The van der Waals surface area contributed by atoms with Crippen LogP contribution in [0.25, 0.3) is 0 Å². The Kier molecular flexibility index (Phi) is 3.94. The SMILES string of the molecule is CCn1ccc(CNCC2CC3CCC(C2)N3C)c1. The Morgan fingerprint density at radius 3 is 2.63 bits per heavy atom. The average molecular weight is 261 g/mol. The van der Waals surface area contributed by atoms with Crippen molar-refractivity contribution in [2.24, 2.45) is 5.92 Å². The van der Waals surface area contributed by atoms with E-state index in [0.717, 1.165) is 31.1 Å². The topological polar surface area (TPSA) is 20.2 Å². The van der Waals surface area contributed by atoms with Crippen LogP contribution >= 0.6 is 0 Å². The Hall–Kier alpha value is -0.800. The van der Waals surface area contributed by atoms with Crippen molar-refractivity contribution in [1.82, 2.24) is 14.8 Å². The first-order valence-corrected chi connectivity index (χ1v) is 7.83. The molecular weight excluding hydrogens is 234 g/mol. The fourth-order valence-electron chi connectivity index (χ4n) is 3.90. The van der Waals surface area contributed by atoms with E-state index in [9.17, 15) is 0 Å². The van der Waals surface area contributed by atoms with E-state index < -0.39 is 0 Å². The third-order valence-electron chi connectivity index (χ3n) is 5.13. The Morgan fingerprint density at radius 1 is 1.26 bits per heavy atom. The van der Waals surface area contributed by atoms with Crippen LogP contribution in [0.4, 0.5) is 0 Å². The fourth-order valence-corrected chi connectivity index (χ4v) is 3.90. The predicted octanol–water partition coefficient (Wildman–Crippen LogP) is 2.47. The molecule has 2 unspecified atom stereocenters. The minimum Gasteiger partial charge on any atom is -0.354 e. The Morgan fingerprint density at radius 2 is 2.00 bits per heavy atom. The van der Waals surface area contributed by atoms with E-state index in [1.165, 1.54) is 37.8 Å². The summed E-state index contributed by atoms with van der Waals surface area (Å²) in [6.07, 6.45) is 10.1. The zero-order valence-corrected chi connectivity index (χ0v) is 12.3. The summed E-state index contributed by atoms with van der Waals surface area (Å²) in [6.45, 7) is 5.47. The molecule has 0 saturated carbocycles. The molecule has 2 saturated heterocycles. The zero-order chi connectivity index (χ0) is 13.2. The lowest BCUT2D eigenvalue weighted by Crippen LogP contribution is -2.42. The summed E-state index contributed by atoms with van der Waals surface area (Å²) in [5, 5.41) is 3.66. The maximum Gasteiger partial charge on any atom is 0.0220 e. The summed E-state index contributed by atoms with van der Waals surface area (Å²) in [5.74, 6) is 0.891. The van der Waals surface area contributed by atoms with Crippen LogP contribution in [0.3, 0.4) is 0 Å². The summed E-state index contributed by atoms with van der Waals surface area (Å²) in [5.41, 5.74) is 1.41. The molecule has 19 heavy (non-hydrogen) atoms. The first-order chi connectivity index (χ1) is 9.26. The van der Waals surface area contributed by atoms with Gasteiger partial charge in [0.15, 0.2) is 0 Å². The van der Waals surface area contributed by atoms with Gasteiger partial charge >= 0.3 is 0 Å². The van der Waals surface area contributed by atoms with Crippen molar-refractivity contribution in [1.29, 1.82) is 0 Å². The third-order valence-corrected chi connectivity index (χ3v) is 5.13. The van der Waals surface area contributed by atoms with Crippen molar-refractivity contribution in [2.45, 2.75) is 57.8 Å². The minimum absolute atomic E-state index is 0.867. The molecular formula is C16H27N3. The van der Waals surface area contributed by atoms with Gasteiger partial charge in [-0.1, -0.05) is 0 Å². The maximum atomic E-state index is 3.66. The largest absolute Gasteiger partial charge is 0.354 e. The van der Waals surface area contributed by atoms with Gasteiger partial charge in [0.25, 0.3) is 0 Å². The van der Waals surface area contributed by atoms with Crippen LogP contribution in [0, 0.1) is 5.92 Å². The number of piperidine rings is 1. The van der Waals surface area contributed by atoms with Crippen molar-refractivity contribution in [3.05, 3.63) is 24.0 Å². The Labute approximate surface area is 117 Å². The second-order valence-electron chi connectivity index (χ2n) is 6.37. The van der Waals surface area contributed by atoms with Gasteiger partial charge in [-0.2, -0.15) is 0 Å². The first-order valence-electron chi connectivity index (χ1n) is 7.83. The first kappa shape index (κ1) is 13.2. The number of nitrogens with one attached hydrogen (secondary N) is 1. The normalized spacial score (nSPS) is 30.9. The molecule has 2 atom stereocenters. The van der Waals surface area contributed by atoms with Crippen LogP contribution in [-0.2, 0) is 13.1 Å². The van der Waals surface area contributed by atoms with E-state index in [0.29, 0.717) is 0 Å². The lowest BCUT2D eigenvalue weighted by Gasteiger charge is -2.36. The molecule has 3 heteroatoms. The monoisotopic (exact) mass is 261 g/mol. The third kappa shape index (κ3) is 2.87. The number of hydrogen-bond acceptors (Lipinski definition) is 2. The highest BCUT2D eigenvalue weighted by molar-refractivity contribution is 5.09. The highest BCUT2D eigenvalue weighted by Crippen LogP contribution is 2.36. The molecule has 1 aromatic rings. The highest BCUT2D eigenvalue weighted by Gasteiger charge is 2.37. The smallest absolute Gasteiger partial charge is 0.0220 e. The Balaban J connectivity index is 1.43. The van der Waals surface area contributed by atoms with E-state index in [-0.39, 0.29) is 0 Å². The van der Waals surface area contributed by atoms with Crippen molar-refractivity contribution >= 4 is 0 Å². The van der Waals surface area contributed by atoms with Gasteiger partial charge in [0.2, 0.25) is 0 Å². The lowest BCUT2D eigenvalue weighted by molar-refractivity contribution is 0.133. The Bertz CT molecular complexity index is 398. The second-order valence-corrected chi connectivity index (χ2v) is 6.37. The molecule has 0 aliphatic carbocycles. The van der Waals surface area contributed by atoms with Gasteiger partial charge in [-0.25, -0.2) is 0 Å². The molecule has 0 amide bonds. The summed E-state index contributed by atoms with van der Waals surface area (Å²) in [7, 11) is 2.32. The molecule has 106 valence electrons. The molecule has 1 N–H and O–H groups in total. The van der Waals surface area contributed by atoms with E-state index in [4.69, 9.17) is 0 Å². The molecule has 1 aromatic heterocycles. The van der Waals surface area contributed by atoms with Crippen LogP contribution in [0.1, 0.15) is 38.2 Å². The number of nitrogens with zero attached hydrogens (tertiary/aromatic N) is 2. The quantitative estimate of drug-likeness (QED) is 0.878. The van der Waals surface area contributed by atoms with Gasteiger partial charge < -0.3 is 14.8 Å². The van der Waals surface area contributed by atoms with Gasteiger partial charge in [0, 0.05) is 37.6 Å². The standard InChI is InChI=1S/C16H27N3/c1-3-19-7-6-13(12-19)10-17-11-14-8-15-4-5-16(9-14)18(15)2/h6-7,12,14-17H,3-5,8-11H2,1-2H3. The van der Waals surface area contributed by atoms with Crippen molar-refractivity contribution in [3.63, 3.8) is 0 Å². The van der Waals surface area contributed by atoms with Crippen LogP contribution < -0.4 is 5.32 Å². The molecule has 0 aromatic carbocycles. The van der Waals surface area contributed by atoms with Crippen LogP contribution in [0.5, 0.6) is 0 Å². The molecule has 3 nitrogen and oxygen atoms in total. The van der Waals surface area contributed by atoms with Gasteiger partial charge in [-0.05, 0) is 63.7 Å². The van der Waals surface area contributed by atoms with E-state index >= 15 is 0 Å². The van der Waals surface area contributed by atoms with Gasteiger partial charge in [-0.15, -0.1) is 0 Å². The van der Waals surface area contributed by atoms with Gasteiger partial charge in [0.05, 0.1) is 0 Å². The number of rotatable bonds is 5. The molecule has 0 radical (unpaired) electrons. The number of hydrogen-bond donors (Lipinski definition) is 1. The molecule has 2 aliphatic rings. The van der Waals surface area contributed by atoms with Gasteiger partial charge in [-0.3, -0.25) is 0 Å². The number of aryl methyl sites for hydroxylation is 1. The highest BCUT2D eigenvalue weighted by atomic mass is 15.2. The second kappa shape index (κ2) is 5.68. The summed E-state index contributed by atoms with van der Waals surface area (Å²) in [4.78, 5) is 2.62. The molecule has 3 heterocycles. The van der Waals surface area contributed by atoms with E-state index in [1.807, 2.05) is 0 Å². The van der Waals surface area contributed by atoms with E-state index in [2.05, 4.69) is 47.2 Å². The lowest BCUT2D eigenvalue weighted by atomic mass is 9.91. The minimum atomic E-state index is 0.867. The predicted molar refractivity (Wildman–Crippen MR) is 79.1 cm³/mol.